The maximum atomic E-state index is 13.2. The van der Waals surface area contributed by atoms with Gasteiger partial charge in [0.05, 0.1) is 31.8 Å². The third-order valence-electron chi connectivity index (χ3n) is 6.39. The van der Waals surface area contributed by atoms with E-state index in [2.05, 4.69) is 5.32 Å². The Labute approximate surface area is 233 Å². The topological polar surface area (TPSA) is 142 Å². The second kappa shape index (κ2) is 13.8. The molecule has 2 aromatic carbocycles. The van der Waals surface area contributed by atoms with Crippen molar-refractivity contribution in [2.45, 2.75) is 23.5 Å². The maximum Gasteiger partial charge on any atom is 0.286 e. The van der Waals surface area contributed by atoms with E-state index in [-0.39, 0.29) is 49.7 Å². The number of benzene rings is 2. The van der Waals surface area contributed by atoms with Crippen molar-refractivity contribution in [3.8, 4) is 17.2 Å². The summed E-state index contributed by atoms with van der Waals surface area (Å²) < 4.78 is 60.3. The molecule has 40 heavy (non-hydrogen) atoms. The predicted molar refractivity (Wildman–Crippen MR) is 143 cm³/mol. The Morgan fingerprint density at radius 3 is 2.58 bits per heavy atom. The van der Waals surface area contributed by atoms with Crippen LogP contribution in [-0.2, 0) is 29.0 Å². The van der Waals surface area contributed by atoms with Crippen LogP contribution in [0.3, 0.4) is 0 Å². The highest BCUT2D eigenvalue weighted by Crippen LogP contribution is 2.38. The van der Waals surface area contributed by atoms with Gasteiger partial charge in [-0.1, -0.05) is 6.07 Å². The van der Waals surface area contributed by atoms with Crippen molar-refractivity contribution in [2.24, 2.45) is 0 Å². The van der Waals surface area contributed by atoms with Crippen molar-refractivity contribution in [1.29, 1.82) is 0 Å². The van der Waals surface area contributed by atoms with E-state index in [0.717, 1.165) is 9.87 Å². The van der Waals surface area contributed by atoms with Crippen molar-refractivity contribution in [1.82, 2.24) is 9.62 Å². The molecule has 12 nitrogen and oxygen atoms in total. The first kappa shape index (κ1) is 29.6. The highest BCUT2D eigenvalue weighted by atomic mass is 32.2. The smallest absolute Gasteiger partial charge is 0.286 e. The number of fused-ring (bicyclic) bond motifs is 1. The third kappa shape index (κ3) is 7.23. The highest BCUT2D eigenvalue weighted by Gasteiger charge is 2.31. The monoisotopic (exact) mass is 578 g/mol. The van der Waals surface area contributed by atoms with Crippen LogP contribution in [0.4, 0.5) is 0 Å². The summed E-state index contributed by atoms with van der Waals surface area (Å²) >= 11 is 0. The molecule has 0 bridgehead atoms. The van der Waals surface area contributed by atoms with Gasteiger partial charge in [0.25, 0.3) is 5.91 Å². The molecule has 2 aromatic rings. The summed E-state index contributed by atoms with van der Waals surface area (Å²) in [6.45, 7) is 0.232. The number of allylic oxidation sites excluding steroid dienone is 1. The molecular formula is C27H34N2O10S. The molecule has 0 aliphatic carbocycles. The lowest BCUT2D eigenvalue weighted by Gasteiger charge is -2.30. The van der Waals surface area contributed by atoms with Gasteiger partial charge in [-0.15, -0.1) is 0 Å². The lowest BCUT2D eigenvalue weighted by Crippen LogP contribution is -2.38. The van der Waals surface area contributed by atoms with Crippen LogP contribution in [0.1, 0.15) is 17.9 Å². The van der Waals surface area contributed by atoms with Crippen LogP contribution in [0.15, 0.2) is 59.2 Å². The Kier molecular flexibility index (Phi) is 10.2. The maximum absolute atomic E-state index is 13.2. The van der Waals surface area contributed by atoms with E-state index in [9.17, 15) is 18.3 Å². The van der Waals surface area contributed by atoms with Gasteiger partial charge in [-0.25, -0.2) is 8.42 Å². The lowest BCUT2D eigenvalue weighted by atomic mass is 9.92. The standard InChI is InChI=1S/C27H34N2O10S/c1-34-13-9-28-27(31)25-16-20(19-3-8-23-24(15-19)38-18-37-23)17-26(39-25)36-14-11-29(10-12-30)40(32,33)22-6-4-21(35-2)5-7-22/h3-8,15-16,20,26,30H,9-14,17-18H2,1-2H3,(H,28,31). The zero-order valence-corrected chi connectivity index (χ0v) is 23.2. The number of methoxy groups -OCH3 is 2. The summed E-state index contributed by atoms with van der Waals surface area (Å²) in [7, 11) is -0.872. The summed E-state index contributed by atoms with van der Waals surface area (Å²) in [6, 6.07) is 11.6. The summed E-state index contributed by atoms with van der Waals surface area (Å²) in [5, 5.41) is 12.3. The zero-order valence-electron chi connectivity index (χ0n) is 22.4. The first-order valence-corrected chi connectivity index (χ1v) is 14.2. The third-order valence-corrected chi connectivity index (χ3v) is 8.30. The van der Waals surface area contributed by atoms with Crippen LogP contribution in [0.25, 0.3) is 0 Å². The quantitative estimate of drug-likeness (QED) is 0.318. The number of carbonyl (C=O) groups excluding carboxylic acids is 1. The first-order valence-electron chi connectivity index (χ1n) is 12.8. The van der Waals surface area contributed by atoms with E-state index in [1.54, 1.807) is 18.2 Å². The summed E-state index contributed by atoms with van der Waals surface area (Å²) in [4.78, 5) is 12.9. The van der Waals surface area contributed by atoms with Gasteiger partial charge < -0.3 is 38.8 Å². The number of carbonyl (C=O) groups is 1. The molecule has 0 saturated heterocycles. The fourth-order valence-corrected chi connectivity index (χ4v) is 5.71. The molecule has 13 heteroatoms. The zero-order chi connectivity index (χ0) is 28.5. The fraction of sp³-hybridized carbons (Fsp3) is 0.444. The average molecular weight is 579 g/mol. The number of nitrogens with one attached hydrogen (secondary N) is 1. The van der Waals surface area contributed by atoms with Crippen molar-refractivity contribution in [3.63, 3.8) is 0 Å². The highest BCUT2D eigenvalue weighted by molar-refractivity contribution is 7.89. The Morgan fingerprint density at radius 2 is 1.85 bits per heavy atom. The number of ether oxygens (including phenoxy) is 6. The fourth-order valence-electron chi connectivity index (χ4n) is 4.29. The summed E-state index contributed by atoms with van der Waals surface area (Å²) in [5.41, 5.74) is 0.882. The van der Waals surface area contributed by atoms with E-state index in [4.69, 9.17) is 28.4 Å². The van der Waals surface area contributed by atoms with Crippen molar-refractivity contribution in [3.05, 3.63) is 59.9 Å². The number of aliphatic hydroxyl groups excluding tert-OH is 1. The number of rotatable bonds is 14. The molecule has 2 atom stereocenters. The summed E-state index contributed by atoms with van der Waals surface area (Å²) in [6.07, 6.45) is 1.27. The van der Waals surface area contributed by atoms with Crippen LogP contribution < -0.4 is 19.5 Å². The summed E-state index contributed by atoms with van der Waals surface area (Å²) in [5.74, 6) is 1.22. The van der Waals surface area contributed by atoms with E-state index in [0.29, 0.717) is 36.8 Å². The first-order chi connectivity index (χ1) is 19.3. The molecule has 0 saturated carbocycles. The number of aliphatic hydroxyl groups is 1. The number of nitrogens with zero attached hydrogens (tertiary/aromatic N) is 1. The van der Waals surface area contributed by atoms with Gasteiger partial charge in [0.1, 0.15) is 5.75 Å². The number of sulfonamides is 1. The molecule has 2 N–H and O–H groups in total. The number of amides is 1. The van der Waals surface area contributed by atoms with Gasteiger partial charge in [0.2, 0.25) is 23.1 Å². The molecule has 2 unspecified atom stereocenters. The Morgan fingerprint density at radius 1 is 1.07 bits per heavy atom. The molecule has 4 rings (SSSR count). The number of hydrogen-bond donors (Lipinski definition) is 2. The second-order valence-electron chi connectivity index (χ2n) is 8.96. The van der Waals surface area contributed by atoms with Gasteiger partial charge in [-0.3, -0.25) is 4.79 Å². The molecule has 2 aliphatic rings. The van der Waals surface area contributed by atoms with Crippen LogP contribution in [0, 0.1) is 0 Å². The Balaban J connectivity index is 1.45. The Hall–Kier alpha value is -3.36. The predicted octanol–water partition coefficient (Wildman–Crippen LogP) is 1.60. The minimum atomic E-state index is -3.90. The average Bonchev–Trinajstić information content (AvgIpc) is 3.45. The second-order valence-corrected chi connectivity index (χ2v) is 10.9. The minimum Gasteiger partial charge on any atom is -0.497 e. The van der Waals surface area contributed by atoms with E-state index < -0.39 is 22.2 Å². The van der Waals surface area contributed by atoms with Gasteiger partial charge >= 0.3 is 0 Å². The Bertz CT molecular complexity index is 1280. The molecule has 2 heterocycles. The molecule has 218 valence electrons. The van der Waals surface area contributed by atoms with E-state index in [1.807, 2.05) is 18.2 Å². The van der Waals surface area contributed by atoms with Crippen molar-refractivity contribution < 1.29 is 46.7 Å². The number of hydrogen-bond acceptors (Lipinski definition) is 10. The molecule has 2 aliphatic heterocycles. The largest absolute Gasteiger partial charge is 0.497 e. The molecule has 0 fully saturated rings. The normalized spacial score (nSPS) is 18.2. The minimum absolute atomic E-state index is 0.0352. The van der Waals surface area contributed by atoms with E-state index in [1.165, 1.54) is 26.4 Å². The van der Waals surface area contributed by atoms with E-state index >= 15 is 0 Å². The van der Waals surface area contributed by atoms with Crippen molar-refractivity contribution >= 4 is 15.9 Å². The lowest BCUT2D eigenvalue weighted by molar-refractivity contribution is -0.146. The SMILES string of the molecule is COCCNC(=O)C1=CC(c2ccc3c(c2)OCO3)CC(OCCN(CCO)S(=O)(=O)c2ccc(OC)cc2)O1. The van der Waals surface area contributed by atoms with Crippen LogP contribution in [-0.4, -0.2) is 90.5 Å². The molecule has 0 aromatic heterocycles. The van der Waals surface area contributed by atoms with Crippen LogP contribution >= 0.6 is 0 Å². The van der Waals surface area contributed by atoms with Gasteiger partial charge in [-0.2, -0.15) is 4.31 Å². The molecule has 1 amide bonds. The van der Waals surface area contributed by atoms with Gasteiger partial charge in [0, 0.05) is 39.1 Å². The molecular weight excluding hydrogens is 544 g/mol. The van der Waals surface area contributed by atoms with Crippen LogP contribution in [0.5, 0.6) is 17.2 Å². The van der Waals surface area contributed by atoms with Crippen LogP contribution in [0.2, 0.25) is 0 Å². The van der Waals surface area contributed by atoms with Crippen molar-refractivity contribution in [2.75, 3.05) is 60.5 Å². The molecule has 0 spiro atoms. The van der Waals surface area contributed by atoms with Gasteiger partial charge in [-0.05, 0) is 48.0 Å². The molecule has 0 radical (unpaired) electrons. The van der Waals surface area contributed by atoms with Gasteiger partial charge in [0.15, 0.2) is 17.3 Å².